The maximum atomic E-state index is 10.8. The Morgan fingerprint density at radius 1 is 1.25 bits per heavy atom. The van der Waals surface area contributed by atoms with Crippen LogP contribution in [0.2, 0.25) is 5.02 Å². The summed E-state index contributed by atoms with van der Waals surface area (Å²) in [6, 6.07) is 3.60. The molecule has 4 heteroatoms. The first kappa shape index (κ1) is 14.0. The van der Waals surface area contributed by atoms with E-state index < -0.39 is 6.10 Å². The molecule has 0 saturated heterocycles. The molecule has 1 fully saturated rings. The summed E-state index contributed by atoms with van der Waals surface area (Å²) in [7, 11) is 0. The predicted molar refractivity (Wildman–Crippen MR) is 78.5 cm³/mol. The summed E-state index contributed by atoms with van der Waals surface area (Å²) in [4.78, 5) is 0. The first-order valence-corrected chi connectivity index (χ1v) is 7.64. The fourth-order valence-electron chi connectivity index (χ4n) is 3.46. The van der Waals surface area contributed by atoms with E-state index in [-0.39, 0.29) is 11.3 Å². The minimum atomic E-state index is -0.546. The van der Waals surface area contributed by atoms with Crippen molar-refractivity contribution in [3.63, 3.8) is 0 Å². The summed E-state index contributed by atoms with van der Waals surface area (Å²) < 4.78 is 11.1. The van der Waals surface area contributed by atoms with Crippen LogP contribution in [0.25, 0.3) is 0 Å². The van der Waals surface area contributed by atoms with E-state index in [1.165, 1.54) is 0 Å². The van der Waals surface area contributed by atoms with E-state index in [4.69, 9.17) is 21.1 Å². The van der Waals surface area contributed by atoms with Crippen LogP contribution in [0.5, 0.6) is 11.5 Å². The molecule has 2 unspecified atom stereocenters. The second kappa shape index (κ2) is 5.12. The average molecular weight is 297 g/mol. The third-order valence-corrected chi connectivity index (χ3v) is 5.03. The maximum Gasteiger partial charge on any atom is 0.162 e. The van der Waals surface area contributed by atoms with Gasteiger partial charge in [0.05, 0.1) is 11.1 Å². The van der Waals surface area contributed by atoms with E-state index in [0.717, 1.165) is 24.8 Å². The summed E-state index contributed by atoms with van der Waals surface area (Å²) in [6.45, 7) is 5.53. The molecule has 1 aromatic carbocycles. The van der Waals surface area contributed by atoms with Crippen molar-refractivity contribution in [2.45, 2.75) is 39.2 Å². The molecule has 0 spiro atoms. The number of fused-ring (bicyclic) bond motifs is 1. The molecule has 0 amide bonds. The highest BCUT2D eigenvalue weighted by atomic mass is 35.5. The molecular formula is C16H21ClO3. The van der Waals surface area contributed by atoms with Gasteiger partial charge in [-0.05, 0) is 30.2 Å². The number of hydrogen-bond acceptors (Lipinski definition) is 3. The van der Waals surface area contributed by atoms with Gasteiger partial charge < -0.3 is 14.6 Å². The Kier molecular flexibility index (Phi) is 3.59. The Labute approximate surface area is 124 Å². The summed E-state index contributed by atoms with van der Waals surface area (Å²) in [5, 5.41) is 11.3. The lowest BCUT2D eigenvalue weighted by atomic mass is 9.77. The van der Waals surface area contributed by atoms with Gasteiger partial charge in [0.25, 0.3) is 0 Å². The SMILES string of the molecule is CC1(C)CCCC1C(O)c1cc2c(cc1Cl)OCCO2. The van der Waals surface area contributed by atoms with Gasteiger partial charge in [-0.3, -0.25) is 0 Å². The van der Waals surface area contributed by atoms with Crippen molar-refractivity contribution in [2.24, 2.45) is 11.3 Å². The Morgan fingerprint density at radius 3 is 2.50 bits per heavy atom. The van der Waals surface area contributed by atoms with Crippen molar-refractivity contribution in [1.29, 1.82) is 0 Å². The number of rotatable bonds is 2. The molecule has 3 nitrogen and oxygen atoms in total. The molecule has 1 aliphatic heterocycles. The van der Waals surface area contributed by atoms with Crippen molar-refractivity contribution >= 4 is 11.6 Å². The molecule has 0 radical (unpaired) electrons. The van der Waals surface area contributed by atoms with Gasteiger partial charge in [0.2, 0.25) is 0 Å². The van der Waals surface area contributed by atoms with Crippen LogP contribution < -0.4 is 9.47 Å². The molecule has 0 bridgehead atoms. The van der Waals surface area contributed by atoms with Gasteiger partial charge in [0.15, 0.2) is 11.5 Å². The predicted octanol–water partition coefficient (Wildman–Crippen LogP) is 3.97. The van der Waals surface area contributed by atoms with Crippen molar-refractivity contribution in [3.05, 3.63) is 22.7 Å². The van der Waals surface area contributed by atoms with Crippen molar-refractivity contribution in [3.8, 4) is 11.5 Å². The van der Waals surface area contributed by atoms with Crippen molar-refractivity contribution < 1.29 is 14.6 Å². The van der Waals surface area contributed by atoms with Crippen LogP contribution in [0.4, 0.5) is 0 Å². The molecule has 1 N–H and O–H groups in total. The summed E-state index contributed by atoms with van der Waals surface area (Å²) >= 11 is 6.33. The van der Waals surface area contributed by atoms with Crippen LogP contribution >= 0.6 is 11.6 Å². The van der Waals surface area contributed by atoms with E-state index >= 15 is 0 Å². The van der Waals surface area contributed by atoms with E-state index in [1.807, 2.05) is 6.07 Å². The normalized spacial score (nSPS) is 25.5. The third kappa shape index (κ3) is 2.38. The zero-order valence-corrected chi connectivity index (χ0v) is 12.7. The molecule has 2 atom stereocenters. The first-order valence-electron chi connectivity index (χ1n) is 7.26. The van der Waals surface area contributed by atoms with Gasteiger partial charge >= 0.3 is 0 Å². The average Bonchev–Trinajstić information content (AvgIpc) is 2.77. The zero-order valence-electron chi connectivity index (χ0n) is 12.0. The lowest BCUT2D eigenvalue weighted by Crippen LogP contribution is -2.24. The fourth-order valence-corrected chi connectivity index (χ4v) is 3.73. The number of aliphatic hydroxyl groups excluding tert-OH is 1. The van der Waals surface area contributed by atoms with E-state index in [9.17, 15) is 5.11 Å². The molecule has 1 aromatic rings. The van der Waals surface area contributed by atoms with E-state index in [0.29, 0.717) is 29.7 Å². The van der Waals surface area contributed by atoms with Crippen LogP contribution in [0.1, 0.15) is 44.8 Å². The van der Waals surface area contributed by atoms with Crippen LogP contribution in [-0.2, 0) is 0 Å². The number of halogens is 1. The molecule has 110 valence electrons. The Morgan fingerprint density at radius 2 is 1.90 bits per heavy atom. The van der Waals surface area contributed by atoms with E-state index in [1.54, 1.807) is 6.07 Å². The molecule has 20 heavy (non-hydrogen) atoms. The fraction of sp³-hybridized carbons (Fsp3) is 0.625. The summed E-state index contributed by atoms with van der Waals surface area (Å²) in [5.74, 6) is 1.59. The van der Waals surface area contributed by atoms with Crippen LogP contribution in [0.3, 0.4) is 0 Å². The van der Waals surface area contributed by atoms with Gasteiger partial charge in [0.1, 0.15) is 13.2 Å². The van der Waals surface area contributed by atoms with E-state index in [2.05, 4.69) is 13.8 Å². The topological polar surface area (TPSA) is 38.7 Å². The summed E-state index contributed by atoms with van der Waals surface area (Å²) in [5.41, 5.74) is 0.909. The Balaban J connectivity index is 1.93. The summed E-state index contributed by atoms with van der Waals surface area (Å²) in [6.07, 6.45) is 2.81. The smallest absolute Gasteiger partial charge is 0.162 e. The van der Waals surface area contributed by atoms with Gasteiger partial charge in [-0.25, -0.2) is 0 Å². The van der Waals surface area contributed by atoms with Gasteiger partial charge in [-0.1, -0.05) is 31.9 Å². The molecule has 1 saturated carbocycles. The molecule has 0 aromatic heterocycles. The standard InChI is InChI=1S/C16H21ClO3/c1-16(2)5-3-4-11(16)15(18)10-8-13-14(9-12(10)17)20-7-6-19-13/h8-9,11,15,18H,3-7H2,1-2H3. The molecule has 2 aliphatic rings. The second-order valence-electron chi connectivity index (χ2n) is 6.45. The molecule has 3 rings (SSSR count). The quantitative estimate of drug-likeness (QED) is 0.897. The van der Waals surface area contributed by atoms with Crippen LogP contribution in [0.15, 0.2) is 12.1 Å². The minimum absolute atomic E-state index is 0.149. The molecule has 1 heterocycles. The maximum absolute atomic E-state index is 10.8. The Bertz CT molecular complexity index is 513. The lowest BCUT2D eigenvalue weighted by Gasteiger charge is -2.32. The highest BCUT2D eigenvalue weighted by Crippen LogP contribution is 2.50. The largest absolute Gasteiger partial charge is 0.486 e. The van der Waals surface area contributed by atoms with Gasteiger partial charge in [-0.2, -0.15) is 0 Å². The number of benzene rings is 1. The van der Waals surface area contributed by atoms with Crippen molar-refractivity contribution in [2.75, 3.05) is 13.2 Å². The van der Waals surface area contributed by atoms with Crippen molar-refractivity contribution in [1.82, 2.24) is 0 Å². The molecular weight excluding hydrogens is 276 g/mol. The van der Waals surface area contributed by atoms with Gasteiger partial charge in [0, 0.05) is 11.6 Å². The highest BCUT2D eigenvalue weighted by molar-refractivity contribution is 6.31. The minimum Gasteiger partial charge on any atom is -0.486 e. The highest BCUT2D eigenvalue weighted by Gasteiger charge is 2.40. The van der Waals surface area contributed by atoms with Crippen LogP contribution in [-0.4, -0.2) is 18.3 Å². The first-order chi connectivity index (χ1) is 9.49. The molecule has 1 aliphatic carbocycles. The number of aliphatic hydroxyl groups is 1. The Hall–Kier alpha value is -0.930. The lowest BCUT2D eigenvalue weighted by molar-refractivity contribution is 0.0527. The monoisotopic (exact) mass is 296 g/mol. The second-order valence-corrected chi connectivity index (χ2v) is 6.86. The van der Waals surface area contributed by atoms with Gasteiger partial charge in [-0.15, -0.1) is 0 Å². The number of ether oxygens (including phenoxy) is 2. The third-order valence-electron chi connectivity index (χ3n) is 4.70. The number of hydrogen-bond donors (Lipinski definition) is 1. The van der Waals surface area contributed by atoms with Crippen LogP contribution in [0, 0.1) is 11.3 Å². The zero-order chi connectivity index (χ0) is 14.3.